The zero-order valence-corrected chi connectivity index (χ0v) is 14.0. The summed E-state index contributed by atoms with van der Waals surface area (Å²) in [5, 5.41) is 3.76. The van der Waals surface area contributed by atoms with Gasteiger partial charge in [0.25, 0.3) is 0 Å². The Morgan fingerprint density at radius 1 is 1.16 bits per heavy atom. The van der Waals surface area contributed by atoms with Crippen molar-refractivity contribution in [2.75, 3.05) is 7.05 Å². The third-order valence-electron chi connectivity index (χ3n) is 2.86. The highest BCUT2D eigenvalue weighted by Gasteiger charge is 2.18. The molecule has 0 aromatic heterocycles. The smallest absolute Gasteiger partial charge is 0.142 e. The predicted molar refractivity (Wildman–Crippen MR) is 84.2 cm³/mol. The van der Waals surface area contributed by atoms with Gasteiger partial charge in [0.2, 0.25) is 0 Å². The molecular formula is C14H11Br2ClFN. The van der Waals surface area contributed by atoms with E-state index in [0.717, 1.165) is 10.0 Å². The highest BCUT2D eigenvalue weighted by Crippen LogP contribution is 2.31. The molecular weight excluding hydrogens is 396 g/mol. The van der Waals surface area contributed by atoms with Crippen molar-refractivity contribution in [3.8, 4) is 0 Å². The van der Waals surface area contributed by atoms with Crippen LogP contribution >= 0.6 is 43.5 Å². The highest BCUT2D eigenvalue weighted by molar-refractivity contribution is 9.10. The molecule has 0 heterocycles. The van der Waals surface area contributed by atoms with E-state index < -0.39 is 0 Å². The lowest BCUT2D eigenvalue weighted by Gasteiger charge is -2.19. The lowest BCUT2D eigenvalue weighted by Crippen LogP contribution is -2.19. The fraction of sp³-hybridized carbons (Fsp3) is 0.143. The summed E-state index contributed by atoms with van der Waals surface area (Å²) in [5.41, 5.74) is 1.53. The first-order chi connectivity index (χ1) is 9.04. The molecule has 0 aliphatic carbocycles. The van der Waals surface area contributed by atoms with Crippen molar-refractivity contribution in [2.24, 2.45) is 0 Å². The number of halogens is 4. The number of benzene rings is 2. The molecule has 2 aromatic rings. The minimum absolute atomic E-state index is 0.230. The second kappa shape index (κ2) is 6.35. The molecule has 0 saturated carbocycles. The fourth-order valence-electron chi connectivity index (χ4n) is 1.94. The molecule has 0 bridgehead atoms. The number of hydrogen-bond acceptors (Lipinski definition) is 1. The van der Waals surface area contributed by atoms with E-state index in [4.69, 9.17) is 11.6 Å². The molecule has 1 N–H and O–H groups in total. The maximum atomic E-state index is 14.2. The zero-order valence-electron chi connectivity index (χ0n) is 10.1. The summed E-state index contributed by atoms with van der Waals surface area (Å²) in [6.45, 7) is 0. The first kappa shape index (κ1) is 15.0. The summed E-state index contributed by atoms with van der Waals surface area (Å²) in [4.78, 5) is 0. The van der Waals surface area contributed by atoms with Crippen LogP contribution in [0.15, 0.2) is 45.3 Å². The van der Waals surface area contributed by atoms with Gasteiger partial charge in [-0.05, 0) is 62.7 Å². The van der Waals surface area contributed by atoms with Gasteiger partial charge in [0.1, 0.15) is 5.82 Å². The molecule has 1 atom stereocenters. The first-order valence-electron chi connectivity index (χ1n) is 5.60. The van der Waals surface area contributed by atoms with Crippen LogP contribution in [0.3, 0.4) is 0 Å². The summed E-state index contributed by atoms with van der Waals surface area (Å²) in [5.74, 6) is -0.257. The van der Waals surface area contributed by atoms with Crippen LogP contribution < -0.4 is 5.32 Å². The first-order valence-corrected chi connectivity index (χ1v) is 7.57. The van der Waals surface area contributed by atoms with E-state index >= 15 is 0 Å². The summed E-state index contributed by atoms with van der Waals surface area (Å²) in [7, 11) is 1.80. The largest absolute Gasteiger partial charge is 0.309 e. The number of nitrogens with one attached hydrogen (secondary N) is 1. The van der Waals surface area contributed by atoms with Crippen LogP contribution in [0.2, 0.25) is 5.02 Å². The lowest BCUT2D eigenvalue weighted by molar-refractivity contribution is 0.571. The summed E-state index contributed by atoms with van der Waals surface area (Å²) < 4.78 is 15.4. The van der Waals surface area contributed by atoms with Gasteiger partial charge in [0, 0.05) is 10.0 Å². The molecule has 100 valence electrons. The molecule has 0 saturated heterocycles. The third-order valence-corrected chi connectivity index (χ3v) is 4.68. The molecule has 1 unspecified atom stereocenters. The van der Waals surface area contributed by atoms with Crippen molar-refractivity contribution >= 4 is 43.5 Å². The maximum absolute atomic E-state index is 14.2. The second-order valence-corrected chi connectivity index (χ2v) is 6.15. The van der Waals surface area contributed by atoms with Gasteiger partial charge in [-0.2, -0.15) is 0 Å². The quantitative estimate of drug-likeness (QED) is 0.727. The Morgan fingerprint density at radius 2 is 1.89 bits per heavy atom. The van der Waals surface area contributed by atoms with Crippen LogP contribution in [-0.4, -0.2) is 7.05 Å². The minimum atomic E-state index is -0.257. The topological polar surface area (TPSA) is 12.0 Å². The molecule has 2 rings (SSSR count). The van der Waals surface area contributed by atoms with Gasteiger partial charge in [0.05, 0.1) is 15.5 Å². The van der Waals surface area contributed by atoms with Crippen LogP contribution in [-0.2, 0) is 0 Å². The van der Waals surface area contributed by atoms with Crippen LogP contribution in [0.25, 0.3) is 0 Å². The zero-order chi connectivity index (χ0) is 14.0. The van der Waals surface area contributed by atoms with E-state index in [1.807, 2.05) is 18.2 Å². The number of hydrogen-bond donors (Lipinski definition) is 1. The van der Waals surface area contributed by atoms with Crippen molar-refractivity contribution in [3.05, 3.63) is 67.3 Å². The molecule has 0 spiro atoms. The lowest BCUT2D eigenvalue weighted by atomic mass is 9.98. The van der Waals surface area contributed by atoms with Crippen LogP contribution in [0.4, 0.5) is 4.39 Å². The molecule has 5 heteroatoms. The summed E-state index contributed by atoms with van der Waals surface area (Å²) in [6.07, 6.45) is 0. The average molecular weight is 408 g/mol. The highest BCUT2D eigenvalue weighted by atomic mass is 79.9. The van der Waals surface area contributed by atoms with Crippen molar-refractivity contribution < 1.29 is 4.39 Å². The van der Waals surface area contributed by atoms with Gasteiger partial charge in [-0.25, -0.2) is 4.39 Å². The molecule has 0 aliphatic heterocycles. The van der Waals surface area contributed by atoms with Gasteiger partial charge in [-0.1, -0.05) is 29.8 Å². The Kier molecular flexibility index (Phi) is 5.01. The van der Waals surface area contributed by atoms with Gasteiger partial charge in [-0.15, -0.1) is 0 Å². The van der Waals surface area contributed by atoms with Gasteiger partial charge >= 0.3 is 0 Å². The van der Waals surface area contributed by atoms with E-state index in [9.17, 15) is 4.39 Å². The van der Waals surface area contributed by atoms with E-state index in [1.54, 1.807) is 25.2 Å². The van der Waals surface area contributed by atoms with Gasteiger partial charge in [-0.3, -0.25) is 0 Å². The Labute approximate surface area is 133 Å². The van der Waals surface area contributed by atoms with E-state index in [2.05, 4.69) is 37.2 Å². The molecule has 0 radical (unpaired) electrons. The van der Waals surface area contributed by atoms with Crippen molar-refractivity contribution in [3.63, 3.8) is 0 Å². The molecule has 19 heavy (non-hydrogen) atoms. The van der Waals surface area contributed by atoms with E-state index in [0.29, 0.717) is 15.1 Å². The monoisotopic (exact) mass is 405 g/mol. The SMILES string of the molecule is CNC(c1ccc(Cl)c(Br)c1)c1cccc(Br)c1F. The van der Waals surface area contributed by atoms with Gasteiger partial charge in [0.15, 0.2) is 0 Å². The molecule has 0 amide bonds. The normalized spacial score (nSPS) is 12.5. The van der Waals surface area contributed by atoms with E-state index in [1.165, 1.54) is 0 Å². The summed E-state index contributed by atoms with van der Waals surface area (Å²) >= 11 is 12.6. The summed E-state index contributed by atoms with van der Waals surface area (Å²) in [6, 6.07) is 10.6. The van der Waals surface area contributed by atoms with E-state index in [-0.39, 0.29) is 11.9 Å². The molecule has 0 fully saturated rings. The molecule has 2 aromatic carbocycles. The Morgan fingerprint density at radius 3 is 2.53 bits per heavy atom. The minimum Gasteiger partial charge on any atom is -0.309 e. The van der Waals surface area contributed by atoms with Crippen molar-refractivity contribution in [1.29, 1.82) is 0 Å². The average Bonchev–Trinajstić information content (AvgIpc) is 2.39. The van der Waals surface area contributed by atoms with Gasteiger partial charge < -0.3 is 5.32 Å². The number of rotatable bonds is 3. The predicted octanol–water partition coefficient (Wildman–Crippen LogP) is 5.31. The van der Waals surface area contributed by atoms with Crippen molar-refractivity contribution in [2.45, 2.75) is 6.04 Å². The van der Waals surface area contributed by atoms with Crippen LogP contribution in [0, 0.1) is 5.82 Å². The molecule has 1 nitrogen and oxygen atoms in total. The third kappa shape index (κ3) is 3.19. The van der Waals surface area contributed by atoms with Crippen LogP contribution in [0.1, 0.15) is 17.2 Å². The maximum Gasteiger partial charge on any atom is 0.142 e. The second-order valence-electron chi connectivity index (χ2n) is 4.04. The Balaban J connectivity index is 2.50. The molecule has 0 aliphatic rings. The van der Waals surface area contributed by atoms with Crippen LogP contribution in [0.5, 0.6) is 0 Å². The standard InChI is InChI=1S/C14H11Br2ClFN/c1-19-14(8-5-6-12(17)11(16)7-8)9-3-2-4-10(15)13(9)18/h2-7,14,19H,1H3. The fourth-order valence-corrected chi connectivity index (χ4v) is 2.83. The van der Waals surface area contributed by atoms with Crippen molar-refractivity contribution in [1.82, 2.24) is 5.32 Å². The Hall–Kier alpha value is -0.420. The Bertz CT molecular complexity index is 604.